The smallest absolute Gasteiger partial charge is 0.262 e. The fourth-order valence-corrected chi connectivity index (χ4v) is 4.06. The summed E-state index contributed by atoms with van der Waals surface area (Å²) in [5, 5.41) is 2.74. The molecule has 4 rings (SSSR count). The largest absolute Gasteiger partial charge is 0.497 e. The third-order valence-electron chi connectivity index (χ3n) is 6.12. The molecule has 0 radical (unpaired) electrons. The van der Waals surface area contributed by atoms with Gasteiger partial charge in [0.05, 0.1) is 32.9 Å². The lowest BCUT2D eigenvalue weighted by Crippen LogP contribution is -2.36. The number of hydrogen-bond donors (Lipinski definition) is 3. The van der Waals surface area contributed by atoms with Crippen LogP contribution in [0, 0.1) is 5.92 Å². The zero-order chi connectivity index (χ0) is 27.8. The number of carbonyl (C=O) groups excluding carboxylic acids is 3. The predicted octanol–water partition coefficient (Wildman–Crippen LogP) is 3.23. The summed E-state index contributed by atoms with van der Waals surface area (Å²) >= 11 is 0. The second kappa shape index (κ2) is 12.5. The molecule has 1 heterocycles. The lowest BCUT2D eigenvalue weighted by molar-refractivity contribution is -0.125. The zero-order valence-corrected chi connectivity index (χ0v) is 21.9. The number of benzene rings is 3. The topological polar surface area (TPSA) is 127 Å². The molecule has 1 aliphatic heterocycles. The highest BCUT2D eigenvalue weighted by atomic mass is 16.5. The van der Waals surface area contributed by atoms with E-state index in [1.165, 1.54) is 7.11 Å². The molecule has 1 saturated heterocycles. The van der Waals surface area contributed by atoms with Crippen LogP contribution in [0.25, 0.3) is 0 Å². The molecular formula is C28H30N4O7. The summed E-state index contributed by atoms with van der Waals surface area (Å²) in [5.41, 5.74) is 7.15. The Morgan fingerprint density at radius 3 is 2.21 bits per heavy atom. The van der Waals surface area contributed by atoms with E-state index in [4.69, 9.17) is 18.9 Å². The van der Waals surface area contributed by atoms with Crippen molar-refractivity contribution in [3.8, 4) is 23.0 Å². The van der Waals surface area contributed by atoms with Crippen LogP contribution in [0.4, 0.5) is 17.1 Å². The van der Waals surface area contributed by atoms with Crippen molar-refractivity contribution in [1.82, 2.24) is 5.43 Å². The highest BCUT2D eigenvalue weighted by molar-refractivity contribution is 6.00. The van der Waals surface area contributed by atoms with Crippen LogP contribution in [0.2, 0.25) is 0 Å². The SMILES string of the molecule is COc1ccc(NC(=O)COc2c(NNC(=O)[C@H]3CC(=O)N(c4ccc(OC)cc4)C3)cccc2OC)cc1. The minimum Gasteiger partial charge on any atom is -0.497 e. The number of ether oxygens (including phenoxy) is 4. The maximum absolute atomic E-state index is 12.9. The average molecular weight is 535 g/mol. The highest BCUT2D eigenvalue weighted by Crippen LogP contribution is 2.35. The summed E-state index contributed by atoms with van der Waals surface area (Å²) in [6.45, 7) is -0.0609. The summed E-state index contributed by atoms with van der Waals surface area (Å²) in [6.07, 6.45) is 0.0759. The van der Waals surface area contributed by atoms with Crippen molar-refractivity contribution in [1.29, 1.82) is 0 Å². The third-order valence-corrected chi connectivity index (χ3v) is 6.12. The van der Waals surface area contributed by atoms with E-state index < -0.39 is 5.92 Å². The number of para-hydroxylation sites is 1. The van der Waals surface area contributed by atoms with E-state index in [-0.39, 0.29) is 43.0 Å². The van der Waals surface area contributed by atoms with Gasteiger partial charge in [0, 0.05) is 24.3 Å². The average Bonchev–Trinajstić information content (AvgIpc) is 3.36. The number of carbonyl (C=O) groups is 3. The van der Waals surface area contributed by atoms with Crippen LogP contribution in [-0.2, 0) is 14.4 Å². The summed E-state index contributed by atoms with van der Waals surface area (Å²) < 4.78 is 21.4. The second-order valence-electron chi connectivity index (χ2n) is 8.62. The monoisotopic (exact) mass is 534 g/mol. The van der Waals surface area contributed by atoms with E-state index in [9.17, 15) is 14.4 Å². The van der Waals surface area contributed by atoms with E-state index in [0.29, 0.717) is 34.3 Å². The number of rotatable bonds is 11. The van der Waals surface area contributed by atoms with Gasteiger partial charge in [0.15, 0.2) is 18.1 Å². The maximum Gasteiger partial charge on any atom is 0.262 e. The molecular weight excluding hydrogens is 504 g/mol. The van der Waals surface area contributed by atoms with Crippen molar-refractivity contribution < 1.29 is 33.3 Å². The minimum absolute atomic E-state index is 0.0759. The predicted molar refractivity (Wildman–Crippen MR) is 145 cm³/mol. The van der Waals surface area contributed by atoms with Gasteiger partial charge in [-0.15, -0.1) is 0 Å². The van der Waals surface area contributed by atoms with E-state index in [1.54, 1.807) is 85.8 Å². The standard InChI is InChI=1S/C28H30N4O7/c1-36-21-11-7-19(8-12-21)29-25(33)17-39-27-23(5-4-6-24(27)38-3)30-31-28(35)18-15-26(34)32(16-18)20-9-13-22(37-2)14-10-20/h4-14,18,30H,15-17H2,1-3H3,(H,29,33)(H,31,35)/t18-/m0/s1. The molecule has 1 fully saturated rings. The molecule has 3 N–H and O–H groups in total. The molecule has 3 aromatic carbocycles. The van der Waals surface area contributed by atoms with Crippen molar-refractivity contribution in [3.05, 3.63) is 66.7 Å². The number of nitrogens with one attached hydrogen (secondary N) is 3. The van der Waals surface area contributed by atoms with Gasteiger partial charge in [0.25, 0.3) is 5.91 Å². The Kier molecular flexibility index (Phi) is 8.72. The first-order valence-corrected chi connectivity index (χ1v) is 12.2. The molecule has 3 aromatic rings. The van der Waals surface area contributed by atoms with Crippen LogP contribution in [0.1, 0.15) is 6.42 Å². The molecule has 0 bridgehead atoms. The molecule has 11 heteroatoms. The number of hydrazine groups is 1. The first-order chi connectivity index (χ1) is 18.9. The van der Waals surface area contributed by atoms with Gasteiger partial charge in [-0.05, 0) is 60.7 Å². The number of hydrogen-bond acceptors (Lipinski definition) is 8. The van der Waals surface area contributed by atoms with Gasteiger partial charge >= 0.3 is 0 Å². The zero-order valence-electron chi connectivity index (χ0n) is 21.9. The van der Waals surface area contributed by atoms with E-state index in [2.05, 4.69) is 16.2 Å². The maximum atomic E-state index is 12.9. The van der Waals surface area contributed by atoms with Gasteiger partial charge in [-0.1, -0.05) is 6.07 Å². The van der Waals surface area contributed by atoms with Crippen LogP contribution in [0.5, 0.6) is 23.0 Å². The molecule has 3 amide bonds. The quantitative estimate of drug-likeness (QED) is 0.320. The molecule has 0 aliphatic carbocycles. The van der Waals surface area contributed by atoms with Crippen LogP contribution >= 0.6 is 0 Å². The number of nitrogens with zero attached hydrogens (tertiary/aromatic N) is 1. The van der Waals surface area contributed by atoms with Gasteiger partial charge in [0.1, 0.15) is 11.5 Å². The Morgan fingerprint density at radius 2 is 1.56 bits per heavy atom. The molecule has 0 unspecified atom stereocenters. The van der Waals surface area contributed by atoms with Gasteiger partial charge in [-0.2, -0.15) is 0 Å². The third kappa shape index (κ3) is 6.69. The van der Waals surface area contributed by atoms with Crippen molar-refractivity contribution in [2.75, 3.05) is 50.1 Å². The lowest BCUT2D eigenvalue weighted by atomic mass is 10.1. The second-order valence-corrected chi connectivity index (χ2v) is 8.62. The van der Waals surface area contributed by atoms with E-state index >= 15 is 0 Å². The molecule has 1 atom stereocenters. The van der Waals surface area contributed by atoms with Crippen molar-refractivity contribution in [2.45, 2.75) is 6.42 Å². The van der Waals surface area contributed by atoms with Gasteiger partial charge < -0.3 is 29.2 Å². The van der Waals surface area contributed by atoms with Crippen LogP contribution < -0.4 is 40.0 Å². The van der Waals surface area contributed by atoms with Gasteiger partial charge in [0.2, 0.25) is 11.8 Å². The molecule has 39 heavy (non-hydrogen) atoms. The highest BCUT2D eigenvalue weighted by Gasteiger charge is 2.35. The first-order valence-electron chi connectivity index (χ1n) is 12.2. The molecule has 204 valence electrons. The normalized spacial score (nSPS) is 14.4. The van der Waals surface area contributed by atoms with Gasteiger partial charge in [-0.3, -0.25) is 25.2 Å². The Labute approximate surface area is 226 Å². The molecule has 11 nitrogen and oxygen atoms in total. The summed E-state index contributed by atoms with van der Waals surface area (Å²) in [6, 6.07) is 19.0. The number of anilines is 3. The fraction of sp³-hybridized carbons (Fsp3) is 0.250. The van der Waals surface area contributed by atoms with Gasteiger partial charge in [-0.25, -0.2) is 0 Å². The molecule has 0 saturated carbocycles. The molecule has 0 spiro atoms. The summed E-state index contributed by atoms with van der Waals surface area (Å²) in [5.74, 6) is 0.520. The number of methoxy groups -OCH3 is 3. The fourth-order valence-electron chi connectivity index (χ4n) is 4.06. The van der Waals surface area contributed by atoms with Crippen LogP contribution in [-0.4, -0.2) is 52.2 Å². The van der Waals surface area contributed by atoms with Crippen molar-refractivity contribution in [3.63, 3.8) is 0 Å². The Balaban J connectivity index is 1.35. The summed E-state index contributed by atoms with van der Waals surface area (Å²) in [4.78, 5) is 39.5. The van der Waals surface area contributed by atoms with Crippen LogP contribution in [0.3, 0.4) is 0 Å². The lowest BCUT2D eigenvalue weighted by Gasteiger charge is -2.19. The first kappa shape index (κ1) is 27.1. The molecule has 0 aromatic heterocycles. The summed E-state index contributed by atoms with van der Waals surface area (Å²) in [7, 11) is 4.60. The Bertz CT molecular complexity index is 1310. The van der Waals surface area contributed by atoms with E-state index in [0.717, 1.165) is 0 Å². The minimum atomic E-state index is -0.558. The number of amides is 3. The Hall–Kier alpha value is -4.93. The van der Waals surface area contributed by atoms with Crippen molar-refractivity contribution in [2.24, 2.45) is 5.92 Å². The van der Waals surface area contributed by atoms with E-state index in [1.807, 2.05) is 0 Å². The van der Waals surface area contributed by atoms with Crippen LogP contribution in [0.15, 0.2) is 66.7 Å². The Morgan fingerprint density at radius 1 is 0.897 bits per heavy atom. The molecule has 1 aliphatic rings. The van der Waals surface area contributed by atoms with Crippen molar-refractivity contribution >= 4 is 34.8 Å².